The number of nitrogens with zero attached hydrogens (tertiary/aromatic N) is 1. The molecule has 0 atom stereocenters. The maximum atomic E-state index is 12.0. The Morgan fingerprint density at radius 3 is 2.32 bits per heavy atom. The fourth-order valence-electron chi connectivity index (χ4n) is 1.89. The number of hydrogen-bond donors (Lipinski definition) is 1. The average Bonchev–Trinajstić information content (AvgIpc) is 2.46. The first kappa shape index (κ1) is 13.1. The molecule has 98 valence electrons. The topological polar surface area (TPSA) is 46.3 Å². The number of carbonyl (C=O) groups is 1. The van der Waals surface area contributed by atoms with E-state index in [2.05, 4.69) is 4.90 Å². The minimum Gasteiger partial charge on any atom is -0.399 e. The molecule has 3 heteroatoms. The normalized spacial score (nSPS) is 10.2. The van der Waals surface area contributed by atoms with Gasteiger partial charge in [-0.2, -0.15) is 0 Å². The van der Waals surface area contributed by atoms with Crippen LogP contribution in [0.5, 0.6) is 0 Å². The number of Topliss-reactive ketones (excluding diaryl/α,β-unsaturated/α-hetero) is 1. The monoisotopic (exact) mass is 254 g/mol. The molecule has 2 aromatic carbocycles. The van der Waals surface area contributed by atoms with Gasteiger partial charge >= 0.3 is 0 Å². The fourth-order valence-corrected chi connectivity index (χ4v) is 1.89. The highest BCUT2D eigenvalue weighted by Crippen LogP contribution is 2.13. The average molecular weight is 254 g/mol. The lowest BCUT2D eigenvalue weighted by Crippen LogP contribution is -2.21. The zero-order chi connectivity index (χ0) is 13.7. The van der Waals surface area contributed by atoms with E-state index < -0.39 is 0 Å². The van der Waals surface area contributed by atoms with E-state index in [1.165, 1.54) is 0 Å². The maximum Gasteiger partial charge on any atom is 0.164 e. The summed E-state index contributed by atoms with van der Waals surface area (Å²) in [6.07, 6.45) is 0.495. The number of hydrogen-bond acceptors (Lipinski definition) is 3. The summed E-state index contributed by atoms with van der Waals surface area (Å²) in [7, 11) is 1.99. The zero-order valence-electron chi connectivity index (χ0n) is 11.0. The van der Waals surface area contributed by atoms with E-state index >= 15 is 0 Å². The summed E-state index contributed by atoms with van der Waals surface area (Å²) in [6, 6.07) is 17.1. The Hall–Kier alpha value is -2.29. The van der Waals surface area contributed by atoms with Gasteiger partial charge in [0.1, 0.15) is 0 Å². The summed E-state index contributed by atoms with van der Waals surface area (Å²) in [5.74, 6) is 0.141. The van der Waals surface area contributed by atoms with Crippen LogP contribution in [0.4, 0.5) is 11.4 Å². The van der Waals surface area contributed by atoms with Crippen LogP contribution >= 0.6 is 0 Å². The number of benzene rings is 2. The van der Waals surface area contributed by atoms with Crippen molar-refractivity contribution in [2.24, 2.45) is 0 Å². The minimum absolute atomic E-state index is 0.141. The van der Waals surface area contributed by atoms with Crippen molar-refractivity contribution >= 4 is 17.2 Å². The smallest absolute Gasteiger partial charge is 0.164 e. The summed E-state index contributed by atoms with van der Waals surface area (Å²) < 4.78 is 0. The van der Waals surface area contributed by atoms with Crippen LogP contribution in [-0.2, 0) is 0 Å². The summed E-state index contributed by atoms with van der Waals surface area (Å²) in [6.45, 7) is 0.702. The molecule has 0 aliphatic heterocycles. The van der Waals surface area contributed by atoms with Crippen molar-refractivity contribution in [1.82, 2.24) is 0 Å². The fraction of sp³-hybridized carbons (Fsp3) is 0.188. The Bertz CT molecular complexity index is 534. The van der Waals surface area contributed by atoms with E-state index in [1.54, 1.807) is 24.3 Å². The van der Waals surface area contributed by atoms with Crippen molar-refractivity contribution in [1.29, 1.82) is 0 Å². The molecule has 0 spiro atoms. The lowest BCUT2D eigenvalue weighted by Gasteiger charge is -2.18. The summed E-state index contributed by atoms with van der Waals surface area (Å²) in [4.78, 5) is 14.1. The van der Waals surface area contributed by atoms with Crippen molar-refractivity contribution < 1.29 is 4.79 Å². The highest BCUT2D eigenvalue weighted by molar-refractivity contribution is 5.96. The molecule has 3 nitrogen and oxygen atoms in total. The Balaban J connectivity index is 1.92. The first-order valence-corrected chi connectivity index (χ1v) is 6.32. The molecule has 0 unspecified atom stereocenters. The molecule has 0 saturated heterocycles. The number of para-hydroxylation sites is 1. The number of anilines is 2. The third-order valence-electron chi connectivity index (χ3n) is 3.10. The third-order valence-corrected chi connectivity index (χ3v) is 3.10. The second-order valence-electron chi connectivity index (χ2n) is 4.55. The van der Waals surface area contributed by atoms with Crippen LogP contribution in [0.25, 0.3) is 0 Å². The molecule has 0 radical (unpaired) electrons. The van der Waals surface area contributed by atoms with E-state index in [-0.39, 0.29) is 5.78 Å². The second kappa shape index (κ2) is 6.05. The number of ketones is 1. The minimum atomic E-state index is 0.141. The van der Waals surface area contributed by atoms with Crippen LogP contribution in [-0.4, -0.2) is 19.4 Å². The number of rotatable bonds is 5. The molecular weight excluding hydrogens is 236 g/mol. The van der Waals surface area contributed by atoms with Gasteiger partial charge in [0.05, 0.1) is 0 Å². The molecule has 19 heavy (non-hydrogen) atoms. The largest absolute Gasteiger partial charge is 0.399 e. The van der Waals surface area contributed by atoms with Crippen LogP contribution in [0, 0.1) is 0 Å². The predicted octanol–water partition coefficient (Wildman–Crippen LogP) is 2.98. The first-order valence-electron chi connectivity index (χ1n) is 6.32. The van der Waals surface area contributed by atoms with Gasteiger partial charge in [0.15, 0.2) is 5.78 Å². The first-order chi connectivity index (χ1) is 9.16. The lowest BCUT2D eigenvalue weighted by atomic mass is 10.1. The molecule has 0 aliphatic carbocycles. The van der Waals surface area contributed by atoms with E-state index in [4.69, 9.17) is 5.73 Å². The quantitative estimate of drug-likeness (QED) is 0.659. The van der Waals surface area contributed by atoms with Gasteiger partial charge in [-0.15, -0.1) is 0 Å². The van der Waals surface area contributed by atoms with Gasteiger partial charge in [-0.25, -0.2) is 0 Å². The molecule has 2 rings (SSSR count). The Morgan fingerprint density at radius 2 is 1.68 bits per heavy atom. The van der Waals surface area contributed by atoms with Crippen molar-refractivity contribution in [3.8, 4) is 0 Å². The van der Waals surface area contributed by atoms with Gasteiger partial charge in [-0.1, -0.05) is 18.2 Å². The van der Waals surface area contributed by atoms with Gasteiger partial charge in [0.25, 0.3) is 0 Å². The SMILES string of the molecule is CN(CCC(=O)c1ccc(N)cc1)c1ccccc1. The van der Waals surface area contributed by atoms with Gasteiger partial charge < -0.3 is 10.6 Å². The van der Waals surface area contributed by atoms with E-state index in [0.717, 1.165) is 11.3 Å². The van der Waals surface area contributed by atoms with Crippen molar-refractivity contribution in [3.63, 3.8) is 0 Å². The van der Waals surface area contributed by atoms with Gasteiger partial charge in [0.2, 0.25) is 0 Å². The van der Waals surface area contributed by atoms with E-state index in [9.17, 15) is 4.79 Å². The molecular formula is C16H18N2O. The molecule has 0 aromatic heterocycles. The van der Waals surface area contributed by atoms with E-state index in [1.807, 2.05) is 37.4 Å². The molecule has 0 heterocycles. The zero-order valence-corrected chi connectivity index (χ0v) is 11.0. The maximum absolute atomic E-state index is 12.0. The molecule has 2 N–H and O–H groups in total. The lowest BCUT2D eigenvalue weighted by molar-refractivity contribution is 0.0985. The van der Waals surface area contributed by atoms with Crippen LogP contribution in [0.1, 0.15) is 16.8 Å². The van der Waals surface area contributed by atoms with E-state index in [0.29, 0.717) is 18.7 Å². The second-order valence-corrected chi connectivity index (χ2v) is 4.55. The van der Waals surface area contributed by atoms with Gasteiger partial charge in [-0.3, -0.25) is 4.79 Å². The molecule has 2 aromatic rings. The third kappa shape index (κ3) is 3.58. The molecule has 0 fully saturated rings. The van der Waals surface area contributed by atoms with Crippen molar-refractivity contribution in [2.45, 2.75) is 6.42 Å². The highest BCUT2D eigenvalue weighted by Gasteiger charge is 2.07. The van der Waals surface area contributed by atoms with Crippen LogP contribution in [0.3, 0.4) is 0 Å². The summed E-state index contributed by atoms with van der Waals surface area (Å²) >= 11 is 0. The molecule has 0 amide bonds. The van der Waals surface area contributed by atoms with Crippen LogP contribution in [0.15, 0.2) is 54.6 Å². The number of nitrogens with two attached hydrogens (primary N) is 1. The molecule has 0 aliphatic rings. The van der Waals surface area contributed by atoms with Crippen molar-refractivity contribution in [2.75, 3.05) is 24.2 Å². The number of nitrogen functional groups attached to an aromatic ring is 1. The highest BCUT2D eigenvalue weighted by atomic mass is 16.1. The Morgan fingerprint density at radius 1 is 1.05 bits per heavy atom. The summed E-state index contributed by atoms with van der Waals surface area (Å²) in [5.41, 5.74) is 8.12. The summed E-state index contributed by atoms with van der Waals surface area (Å²) in [5, 5.41) is 0. The van der Waals surface area contributed by atoms with Gasteiger partial charge in [0, 0.05) is 37.0 Å². The molecule has 0 bridgehead atoms. The van der Waals surface area contributed by atoms with Crippen LogP contribution in [0.2, 0.25) is 0 Å². The van der Waals surface area contributed by atoms with Gasteiger partial charge in [-0.05, 0) is 36.4 Å². The Labute approximate surface area is 113 Å². The molecule has 0 saturated carbocycles. The standard InChI is InChI=1S/C16H18N2O/c1-18(15-5-3-2-4-6-15)12-11-16(19)13-7-9-14(17)10-8-13/h2-10H,11-12,17H2,1H3. The Kier molecular flexibility index (Phi) is 4.18. The van der Waals surface area contributed by atoms with Crippen LogP contribution < -0.4 is 10.6 Å². The number of carbonyl (C=O) groups excluding carboxylic acids is 1. The van der Waals surface area contributed by atoms with Crippen molar-refractivity contribution in [3.05, 3.63) is 60.2 Å². The predicted molar refractivity (Wildman–Crippen MR) is 79.5 cm³/mol.